The van der Waals surface area contributed by atoms with E-state index in [-0.39, 0.29) is 11.0 Å². The van der Waals surface area contributed by atoms with E-state index in [0.717, 1.165) is 18.4 Å². The number of nitrogens with one attached hydrogen (secondary N) is 1. The second-order valence-electron chi connectivity index (χ2n) is 5.47. The number of hydrogen-bond acceptors (Lipinski definition) is 4. The van der Waals surface area contributed by atoms with Gasteiger partial charge in [0.1, 0.15) is 4.90 Å². The molecule has 0 spiro atoms. The molecule has 0 fully saturated rings. The van der Waals surface area contributed by atoms with Gasteiger partial charge in [0.2, 0.25) is 10.0 Å². The summed E-state index contributed by atoms with van der Waals surface area (Å²) in [5, 5.41) is 0. The van der Waals surface area contributed by atoms with Crippen LogP contribution in [-0.4, -0.2) is 27.7 Å². The van der Waals surface area contributed by atoms with Crippen LogP contribution >= 0.6 is 0 Å². The van der Waals surface area contributed by atoms with Gasteiger partial charge >= 0.3 is 0 Å². The van der Waals surface area contributed by atoms with Crippen LogP contribution in [0.15, 0.2) is 17.0 Å². The van der Waals surface area contributed by atoms with Crippen molar-refractivity contribution in [1.29, 1.82) is 0 Å². The molecule has 0 aliphatic heterocycles. The van der Waals surface area contributed by atoms with Gasteiger partial charge in [0.05, 0.1) is 11.8 Å². The first-order chi connectivity index (χ1) is 9.75. The minimum absolute atomic E-state index is 0.195. The molecule has 0 aliphatic carbocycles. The van der Waals surface area contributed by atoms with Crippen LogP contribution < -0.4 is 10.5 Å². The molecule has 0 bridgehead atoms. The zero-order chi connectivity index (χ0) is 16.0. The maximum absolute atomic E-state index is 12.3. The van der Waals surface area contributed by atoms with Crippen molar-refractivity contribution in [3.63, 3.8) is 0 Å². The molecule has 3 N–H and O–H groups in total. The van der Waals surface area contributed by atoms with Crippen molar-refractivity contribution in [3.05, 3.63) is 23.3 Å². The van der Waals surface area contributed by atoms with Crippen molar-refractivity contribution in [3.8, 4) is 0 Å². The molecule has 1 aromatic rings. The predicted octanol–water partition coefficient (Wildman–Crippen LogP) is 2.37. The monoisotopic (exact) mass is 314 g/mol. The Hall–Kier alpha value is -1.11. The standard InChI is InChI=1S/C15H26N2O3S/c1-11(2)20-10-6-5-9-17-21(18,19)15-13(4)8-7-12(3)14(15)16/h7-8,11,17H,5-6,9-10,16H2,1-4H3. The third-order valence-corrected chi connectivity index (χ3v) is 4.86. The van der Waals surface area contributed by atoms with E-state index in [1.807, 2.05) is 19.9 Å². The molecule has 0 atom stereocenters. The van der Waals surface area contributed by atoms with Crippen LogP contribution in [0.5, 0.6) is 0 Å². The first kappa shape index (κ1) is 17.9. The number of aryl methyl sites for hydroxylation is 2. The topological polar surface area (TPSA) is 81.4 Å². The number of rotatable bonds is 8. The molecule has 0 aliphatic rings. The van der Waals surface area contributed by atoms with Crippen molar-refractivity contribution in [1.82, 2.24) is 4.72 Å². The number of anilines is 1. The van der Waals surface area contributed by atoms with Crippen molar-refractivity contribution < 1.29 is 13.2 Å². The highest BCUT2D eigenvalue weighted by molar-refractivity contribution is 7.89. The summed E-state index contributed by atoms with van der Waals surface area (Å²) >= 11 is 0. The lowest BCUT2D eigenvalue weighted by molar-refractivity contribution is 0.0762. The largest absolute Gasteiger partial charge is 0.397 e. The summed E-state index contributed by atoms with van der Waals surface area (Å²) in [5.41, 5.74) is 7.67. The Kier molecular flexibility index (Phi) is 6.64. The van der Waals surface area contributed by atoms with Gasteiger partial charge in [-0.15, -0.1) is 0 Å². The van der Waals surface area contributed by atoms with Crippen LogP contribution in [-0.2, 0) is 14.8 Å². The summed E-state index contributed by atoms with van der Waals surface area (Å²) < 4.78 is 32.7. The van der Waals surface area contributed by atoms with Crippen molar-refractivity contribution in [2.75, 3.05) is 18.9 Å². The minimum atomic E-state index is -3.56. The van der Waals surface area contributed by atoms with Crippen molar-refractivity contribution >= 4 is 15.7 Å². The number of hydrogen-bond donors (Lipinski definition) is 2. The summed E-state index contributed by atoms with van der Waals surface area (Å²) in [4.78, 5) is 0.195. The third kappa shape index (κ3) is 5.30. The number of nitrogens with two attached hydrogens (primary N) is 1. The fourth-order valence-corrected chi connectivity index (χ4v) is 3.49. The van der Waals surface area contributed by atoms with E-state index < -0.39 is 10.0 Å². The quantitative estimate of drug-likeness (QED) is 0.570. The molecule has 0 amide bonds. The first-order valence-corrected chi connectivity index (χ1v) is 8.71. The average molecular weight is 314 g/mol. The van der Waals surface area contributed by atoms with E-state index in [1.165, 1.54) is 0 Å². The Morgan fingerprint density at radius 3 is 2.43 bits per heavy atom. The summed E-state index contributed by atoms with van der Waals surface area (Å²) in [7, 11) is -3.56. The molecule has 0 heterocycles. The van der Waals surface area contributed by atoms with Crippen LogP contribution in [0, 0.1) is 13.8 Å². The average Bonchev–Trinajstić information content (AvgIpc) is 2.38. The van der Waals surface area contributed by atoms with Crippen LogP contribution in [0.25, 0.3) is 0 Å². The third-order valence-electron chi connectivity index (χ3n) is 3.19. The van der Waals surface area contributed by atoms with E-state index >= 15 is 0 Å². The summed E-state index contributed by atoms with van der Waals surface area (Å²) in [5.74, 6) is 0. The van der Waals surface area contributed by atoms with Gasteiger partial charge < -0.3 is 10.5 Å². The lowest BCUT2D eigenvalue weighted by atomic mass is 10.1. The fourth-order valence-electron chi connectivity index (χ4n) is 1.99. The number of benzene rings is 1. The van der Waals surface area contributed by atoms with E-state index in [1.54, 1.807) is 19.9 Å². The van der Waals surface area contributed by atoms with Crippen LogP contribution in [0.3, 0.4) is 0 Å². The Balaban J connectivity index is 2.61. The number of sulfonamides is 1. The number of ether oxygens (including phenoxy) is 1. The van der Waals surface area contributed by atoms with Gasteiger partial charge in [-0.2, -0.15) is 0 Å². The second-order valence-corrected chi connectivity index (χ2v) is 7.17. The number of nitrogen functional groups attached to an aromatic ring is 1. The lowest BCUT2D eigenvalue weighted by Crippen LogP contribution is -2.27. The molecule has 0 saturated carbocycles. The van der Waals surface area contributed by atoms with Gasteiger partial charge in [-0.1, -0.05) is 12.1 Å². The molecular weight excluding hydrogens is 288 g/mol. The van der Waals surface area contributed by atoms with Gasteiger partial charge in [-0.25, -0.2) is 13.1 Å². The molecule has 5 nitrogen and oxygen atoms in total. The maximum atomic E-state index is 12.3. The van der Waals surface area contributed by atoms with E-state index in [9.17, 15) is 8.42 Å². The summed E-state index contributed by atoms with van der Waals surface area (Å²) in [6.07, 6.45) is 1.76. The van der Waals surface area contributed by atoms with E-state index in [0.29, 0.717) is 24.4 Å². The fraction of sp³-hybridized carbons (Fsp3) is 0.600. The van der Waals surface area contributed by atoms with Crippen molar-refractivity contribution in [2.24, 2.45) is 0 Å². The molecule has 6 heteroatoms. The van der Waals surface area contributed by atoms with Crippen LogP contribution in [0.2, 0.25) is 0 Å². The van der Waals surface area contributed by atoms with Crippen molar-refractivity contribution in [2.45, 2.75) is 51.5 Å². The second kappa shape index (κ2) is 7.77. The smallest absolute Gasteiger partial charge is 0.242 e. The SMILES string of the molecule is Cc1ccc(C)c(S(=O)(=O)NCCCCOC(C)C)c1N. The Morgan fingerprint density at radius 2 is 1.81 bits per heavy atom. The van der Waals surface area contributed by atoms with Gasteiger partial charge in [0.25, 0.3) is 0 Å². The van der Waals surface area contributed by atoms with E-state index in [4.69, 9.17) is 10.5 Å². The molecule has 0 aromatic heterocycles. The van der Waals surface area contributed by atoms with Gasteiger partial charge in [0, 0.05) is 13.2 Å². The predicted molar refractivity (Wildman–Crippen MR) is 85.8 cm³/mol. The summed E-state index contributed by atoms with van der Waals surface area (Å²) in [6, 6.07) is 3.60. The van der Waals surface area contributed by atoms with Crippen LogP contribution in [0.4, 0.5) is 5.69 Å². The molecule has 120 valence electrons. The maximum Gasteiger partial charge on any atom is 0.242 e. The highest BCUT2D eigenvalue weighted by Gasteiger charge is 2.20. The Morgan fingerprint density at radius 1 is 1.19 bits per heavy atom. The highest BCUT2D eigenvalue weighted by atomic mass is 32.2. The molecule has 1 rings (SSSR count). The van der Waals surface area contributed by atoms with Crippen LogP contribution in [0.1, 0.15) is 37.8 Å². The Bertz CT molecular complexity index is 569. The zero-order valence-corrected chi connectivity index (χ0v) is 14.1. The molecular formula is C15H26N2O3S. The van der Waals surface area contributed by atoms with E-state index in [2.05, 4.69) is 4.72 Å². The molecule has 1 aromatic carbocycles. The number of unbranched alkanes of at least 4 members (excludes halogenated alkanes) is 1. The lowest BCUT2D eigenvalue weighted by Gasteiger charge is -2.13. The minimum Gasteiger partial charge on any atom is -0.397 e. The van der Waals surface area contributed by atoms with Gasteiger partial charge in [0.15, 0.2) is 0 Å². The molecule has 21 heavy (non-hydrogen) atoms. The Labute approximate surface area is 127 Å². The van der Waals surface area contributed by atoms with Gasteiger partial charge in [-0.05, 0) is 51.7 Å². The first-order valence-electron chi connectivity index (χ1n) is 7.22. The molecule has 0 radical (unpaired) electrons. The molecule has 0 unspecified atom stereocenters. The summed E-state index contributed by atoms with van der Waals surface area (Å²) in [6.45, 7) is 8.54. The van der Waals surface area contributed by atoms with Gasteiger partial charge in [-0.3, -0.25) is 0 Å². The zero-order valence-electron chi connectivity index (χ0n) is 13.3. The highest BCUT2D eigenvalue weighted by Crippen LogP contribution is 2.25. The molecule has 0 saturated heterocycles. The normalized spacial score (nSPS) is 12.0.